The molecule has 0 aromatic heterocycles. The first-order valence-electron chi connectivity index (χ1n) is 10.0. The van der Waals surface area contributed by atoms with E-state index < -0.39 is 33.2 Å². The van der Waals surface area contributed by atoms with Crippen molar-refractivity contribution in [2.24, 2.45) is 0 Å². The van der Waals surface area contributed by atoms with Gasteiger partial charge in [0.15, 0.2) is 9.84 Å². The summed E-state index contributed by atoms with van der Waals surface area (Å²) in [5.74, 6) is -2.32. The molecular weight excluding hydrogens is 431 g/mol. The number of anilines is 2. The lowest BCUT2D eigenvalue weighted by atomic mass is 10.1. The number of sulfone groups is 1. The van der Waals surface area contributed by atoms with Gasteiger partial charge in [0, 0.05) is 17.3 Å². The standard InChI is InChI=1S/C24H21FN2O4S/c1-16-14-18-6-2-4-8-21(18)27(16)23(28)15-32(30,31)22-9-5-3-7-20(22)26-24(29)17-10-12-19(25)13-11-17/h2-13,16H,14-15H2,1H3,(H,26,29)/t16-/m1/s1. The lowest BCUT2D eigenvalue weighted by Gasteiger charge is -2.23. The number of hydrogen-bond donors (Lipinski definition) is 1. The molecule has 0 radical (unpaired) electrons. The lowest BCUT2D eigenvalue weighted by molar-refractivity contribution is -0.116. The lowest BCUT2D eigenvalue weighted by Crippen LogP contribution is -2.39. The van der Waals surface area contributed by atoms with E-state index in [0.717, 1.165) is 23.4 Å². The van der Waals surface area contributed by atoms with Crippen LogP contribution in [0.5, 0.6) is 0 Å². The van der Waals surface area contributed by atoms with Crippen LogP contribution in [0.25, 0.3) is 0 Å². The maximum atomic E-state index is 13.2. The second kappa shape index (κ2) is 8.55. The topological polar surface area (TPSA) is 83.6 Å². The molecule has 1 N–H and O–H groups in total. The van der Waals surface area contributed by atoms with Gasteiger partial charge in [0.05, 0.1) is 10.6 Å². The fraction of sp³-hybridized carbons (Fsp3) is 0.167. The number of rotatable bonds is 5. The molecule has 4 rings (SSSR count). The minimum atomic E-state index is -4.05. The Morgan fingerprint density at radius 2 is 1.66 bits per heavy atom. The van der Waals surface area contributed by atoms with Crippen molar-refractivity contribution in [1.82, 2.24) is 0 Å². The van der Waals surface area contributed by atoms with E-state index in [1.165, 1.54) is 35.2 Å². The van der Waals surface area contributed by atoms with E-state index in [-0.39, 0.29) is 22.2 Å². The zero-order valence-corrected chi connectivity index (χ0v) is 18.1. The summed E-state index contributed by atoms with van der Waals surface area (Å²) in [6, 6.07) is 18.1. The molecule has 32 heavy (non-hydrogen) atoms. The van der Waals surface area contributed by atoms with Crippen molar-refractivity contribution in [3.63, 3.8) is 0 Å². The third kappa shape index (κ3) is 4.27. The van der Waals surface area contributed by atoms with Crippen molar-refractivity contribution in [2.75, 3.05) is 16.0 Å². The smallest absolute Gasteiger partial charge is 0.255 e. The van der Waals surface area contributed by atoms with Gasteiger partial charge in [0.1, 0.15) is 11.6 Å². The summed E-state index contributed by atoms with van der Waals surface area (Å²) in [4.78, 5) is 26.9. The number of carbonyl (C=O) groups is 2. The van der Waals surface area contributed by atoms with Gasteiger partial charge >= 0.3 is 0 Å². The molecule has 0 saturated heterocycles. The fourth-order valence-corrected chi connectivity index (χ4v) is 5.25. The quantitative estimate of drug-likeness (QED) is 0.638. The van der Waals surface area contributed by atoms with Crippen LogP contribution in [0, 0.1) is 5.82 Å². The number of fused-ring (bicyclic) bond motifs is 1. The van der Waals surface area contributed by atoms with Crippen molar-refractivity contribution >= 4 is 33.0 Å². The number of benzene rings is 3. The Hall–Kier alpha value is -3.52. The minimum Gasteiger partial charge on any atom is -0.321 e. The molecule has 8 heteroatoms. The van der Waals surface area contributed by atoms with Gasteiger partial charge in [0.25, 0.3) is 5.91 Å². The highest BCUT2D eigenvalue weighted by atomic mass is 32.2. The molecule has 0 bridgehead atoms. The van der Waals surface area contributed by atoms with Gasteiger partial charge in [-0.1, -0.05) is 30.3 Å². The normalized spacial score (nSPS) is 15.3. The van der Waals surface area contributed by atoms with E-state index >= 15 is 0 Å². The Kier molecular flexibility index (Phi) is 5.80. The van der Waals surface area contributed by atoms with Crippen molar-refractivity contribution in [3.8, 4) is 0 Å². The summed E-state index contributed by atoms with van der Waals surface area (Å²) >= 11 is 0. The summed E-state index contributed by atoms with van der Waals surface area (Å²) in [6.07, 6.45) is 0.659. The van der Waals surface area contributed by atoms with Gasteiger partial charge in [-0.3, -0.25) is 9.59 Å². The zero-order valence-electron chi connectivity index (χ0n) is 17.3. The van der Waals surface area contributed by atoms with E-state index in [9.17, 15) is 22.4 Å². The summed E-state index contributed by atoms with van der Waals surface area (Å²) in [6.45, 7) is 1.88. The SMILES string of the molecule is C[C@@H]1Cc2ccccc2N1C(=O)CS(=O)(=O)c1ccccc1NC(=O)c1ccc(F)cc1. The molecule has 164 valence electrons. The molecule has 1 aliphatic rings. The first kappa shape index (κ1) is 21.7. The first-order valence-corrected chi connectivity index (χ1v) is 11.7. The highest BCUT2D eigenvalue weighted by Crippen LogP contribution is 2.32. The molecule has 1 heterocycles. The molecule has 1 aliphatic heterocycles. The molecule has 0 aliphatic carbocycles. The summed E-state index contributed by atoms with van der Waals surface area (Å²) < 4.78 is 39.4. The number of para-hydroxylation sites is 2. The van der Waals surface area contributed by atoms with Crippen LogP contribution >= 0.6 is 0 Å². The summed E-state index contributed by atoms with van der Waals surface area (Å²) in [5.41, 5.74) is 1.96. The number of halogens is 1. The van der Waals surface area contributed by atoms with Gasteiger partial charge in [-0.05, 0) is 61.4 Å². The van der Waals surface area contributed by atoms with Gasteiger partial charge in [-0.2, -0.15) is 0 Å². The maximum Gasteiger partial charge on any atom is 0.255 e. The van der Waals surface area contributed by atoms with Gasteiger partial charge in [-0.15, -0.1) is 0 Å². The number of nitrogens with one attached hydrogen (secondary N) is 1. The van der Waals surface area contributed by atoms with Crippen LogP contribution in [0.3, 0.4) is 0 Å². The molecule has 0 saturated carbocycles. The van der Waals surface area contributed by atoms with Gasteiger partial charge in [0.2, 0.25) is 5.91 Å². The highest BCUT2D eigenvalue weighted by molar-refractivity contribution is 7.92. The minimum absolute atomic E-state index is 0.0597. The number of carbonyl (C=O) groups excluding carboxylic acids is 2. The number of nitrogens with zero attached hydrogens (tertiary/aromatic N) is 1. The second-order valence-electron chi connectivity index (χ2n) is 7.66. The van der Waals surface area contributed by atoms with Crippen LogP contribution in [0.15, 0.2) is 77.7 Å². The van der Waals surface area contributed by atoms with Gasteiger partial charge in [-0.25, -0.2) is 12.8 Å². The molecule has 0 fully saturated rings. The fourth-order valence-electron chi connectivity index (χ4n) is 3.89. The highest BCUT2D eigenvalue weighted by Gasteiger charge is 2.34. The predicted molar refractivity (Wildman–Crippen MR) is 120 cm³/mol. The Labute approximate surface area is 185 Å². The van der Waals surface area contributed by atoms with E-state index in [4.69, 9.17) is 0 Å². The summed E-state index contributed by atoms with van der Waals surface area (Å²) in [5, 5.41) is 2.55. The van der Waals surface area contributed by atoms with Crippen molar-refractivity contribution in [2.45, 2.75) is 24.3 Å². The number of amides is 2. The molecule has 2 amide bonds. The molecule has 6 nitrogen and oxygen atoms in total. The Bertz CT molecular complexity index is 1290. The third-order valence-corrected chi connectivity index (χ3v) is 7.02. The van der Waals surface area contributed by atoms with Crippen LogP contribution in [-0.4, -0.2) is 32.0 Å². The van der Waals surface area contributed by atoms with Gasteiger partial charge < -0.3 is 10.2 Å². The van der Waals surface area contributed by atoms with Crippen LogP contribution in [0.4, 0.5) is 15.8 Å². The van der Waals surface area contributed by atoms with Crippen LogP contribution in [-0.2, 0) is 21.1 Å². The molecular formula is C24H21FN2O4S. The molecule has 3 aromatic rings. The number of hydrogen-bond acceptors (Lipinski definition) is 4. The van der Waals surface area contributed by atoms with Crippen molar-refractivity contribution in [3.05, 3.63) is 89.7 Å². The van der Waals surface area contributed by atoms with E-state index in [1.54, 1.807) is 12.1 Å². The van der Waals surface area contributed by atoms with Crippen LogP contribution in [0.1, 0.15) is 22.8 Å². The van der Waals surface area contributed by atoms with E-state index in [2.05, 4.69) is 5.32 Å². The zero-order chi connectivity index (χ0) is 22.9. The molecule has 0 unspecified atom stereocenters. The largest absolute Gasteiger partial charge is 0.321 e. The van der Waals surface area contributed by atoms with Crippen LogP contribution in [0.2, 0.25) is 0 Å². The van der Waals surface area contributed by atoms with Crippen LogP contribution < -0.4 is 10.2 Å². The first-order chi connectivity index (χ1) is 15.3. The Morgan fingerprint density at radius 3 is 2.41 bits per heavy atom. The Morgan fingerprint density at radius 1 is 1.00 bits per heavy atom. The Balaban J connectivity index is 1.58. The third-order valence-electron chi connectivity index (χ3n) is 5.37. The maximum absolute atomic E-state index is 13.2. The van der Waals surface area contributed by atoms with E-state index in [0.29, 0.717) is 6.42 Å². The molecule has 3 aromatic carbocycles. The molecule has 1 atom stereocenters. The second-order valence-corrected chi connectivity index (χ2v) is 9.62. The average Bonchev–Trinajstić information content (AvgIpc) is 3.10. The van der Waals surface area contributed by atoms with Crippen molar-refractivity contribution in [1.29, 1.82) is 0 Å². The van der Waals surface area contributed by atoms with E-state index in [1.807, 2.05) is 25.1 Å². The van der Waals surface area contributed by atoms with Crippen molar-refractivity contribution < 1.29 is 22.4 Å². The monoisotopic (exact) mass is 452 g/mol. The average molecular weight is 453 g/mol. The summed E-state index contributed by atoms with van der Waals surface area (Å²) in [7, 11) is -4.05. The molecule has 0 spiro atoms. The predicted octanol–water partition coefficient (Wildman–Crippen LogP) is 3.83.